The van der Waals surface area contributed by atoms with E-state index in [0.717, 1.165) is 44.9 Å². The number of ether oxygens (including phenoxy) is 4. The van der Waals surface area contributed by atoms with Crippen molar-refractivity contribution in [2.24, 2.45) is 0 Å². The molecule has 7 rings (SSSR count). The van der Waals surface area contributed by atoms with Gasteiger partial charge in [0.05, 0.1) is 29.1 Å². The van der Waals surface area contributed by atoms with Gasteiger partial charge in [-0.2, -0.15) is 4.98 Å². The summed E-state index contributed by atoms with van der Waals surface area (Å²) >= 11 is 6.44. The molecule has 6 heterocycles. The molecule has 4 fully saturated rings. The number of rotatable bonds is 3. The zero-order valence-corrected chi connectivity index (χ0v) is 25.1. The fourth-order valence-electron chi connectivity index (χ4n) is 7.48. The molecule has 4 aliphatic heterocycles. The van der Waals surface area contributed by atoms with Crippen LogP contribution in [0, 0.1) is 12.7 Å². The third kappa shape index (κ3) is 4.43. The van der Waals surface area contributed by atoms with E-state index in [1.807, 2.05) is 39.5 Å². The van der Waals surface area contributed by atoms with Gasteiger partial charge in [0, 0.05) is 29.8 Å². The molecule has 0 N–H and O–H groups in total. The van der Waals surface area contributed by atoms with Crippen LogP contribution in [-0.2, 0) is 19.8 Å². The lowest BCUT2D eigenvalue weighted by atomic mass is 9.95. The van der Waals surface area contributed by atoms with Crippen LogP contribution >= 0.6 is 11.6 Å². The van der Waals surface area contributed by atoms with Gasteiger partial charge in [-0.1, -0.05) is 11.6 Å². The first-order chi connectivity index (χ1) is 19.5. The SMILES string of the molecule is Cc1nc2c3c(nc(Cl)c(F)c3c1C1(OC3CCCCO3)CC1)O[C@@H](C)[C@@H]1[C@@H]3CC[C@H](CN21)N3C(=O)OC(C)(C)C. The Morgan fingerprint density at radius 1 is 1.15 bits per heavy atom. The molecular formula is C30H38ClFN4O5. The highest BCUT2D eigenvalue weighted by Crippen LogP contribution is 2.56. The van der Waals surface area contributed by atoms with Crippen molar-refractivity contribution in [3.05, 3.63) is 22.2 Å². The number of amides is 1. The number of nitrogens with zero attached hydrogens (tertiary/aromatic N) is 4. The molecule has 1 saturated carbocycles. The fraction of sp³-hybridized carbons (Fsp3) is 0.700. The summed E-state index contributed by atoms with van der Waals surface area (Å²) in [5.41, 5.74) is 0.117. The van der Waals surface area contributed by atoms with Crippen LogP contribution in [-0.4, -0.2) is 70.2 Å². The number of hydrogen-bond donors (Lipinski definition) is 0. The van der Waals surface area contributed by atoms with Gasteiger partial charge in [-0.3, -0.25) is 4.90 Å². The number of piperazine rings is 1. The minimum atomic E-state index is -0.688. The summed E-state index contributed by atoms with van der Waals surface area (Å²) in [6, 6.07) is -0.421. The Bertz CT molecular complexity index is 1410. The van der Waals surface area contributed by atoms with E-state index in [2.05, 4.69) is 9.88 Å². The first-order valence-corrected chi connectivity index (χ1v) is 15.3. The van der Waals surface area contributed by atoms with Gasteiger partial charge in [-0.05, 0) is 79.6 Å². The number of carbonyl (C=O) groups excluding carboxylic acids is 1. The molecule has 5 atom stereocenters. The Kier molecular flexibility index (Phi) is 6.38. The van der Waals surface area contributed by atoms with E-state index in [1.54, 1.807) is 0 Å². The molecule has 2 bridgehead atoms. The zero-order chi connectivity index (χ0) is 28.8. The summed E-state index contributed by atoms with van der Waals surface area (Å²) in [6.45, 7) is 10.7. The van der Waals surface area contributed by atoms with Crippen molar-refractivity contribution in [2.45, 2.75) is 121 Å². The van der Waals surface area contributed by atoms with Crippen LogP contribution in [0.15, 0.2) is 0 Å². The Morgan fingerprint density at radius 3 is 2.61 bits per heavy atom. The van der Waals surface area contributed by atoms with Crippen LogP contribution < -0.4 is 9.64 Å². The molecule has 1 aliphatic carbocycles. The van der Waals surface area contributed by atoms with E-state index in [-0.39, 0.29) is 47.6 Å². The van der Waals surface area contributed by atoms with Gasteiger partial charge in [0.25, 0.3) is 0 Å². The number of halogens is 2. The van der Waals surface area contributed by atoms with E-state index >= 15 is 4.39 Å². The molecular weight excluding hydrogens is 551 g/mol. The summed E-state index contributed by atoms with van der Waals surface area (Å²) < 4.78 is 41.0. The van der Waals surface area contributed by atoms with Gasteiger partial charge >= 0.3 is 6.09 Å². The summed E-state index contributed by atoms with van der Waals surface area (Å²) in [5, 5.41) is 0.649. The quantitative estimate of drug-likeness (QED) is 0.404. The predicted molar refractivity (Wildman–Crippen MR) is 151 cm³/mol. The molecule has 0 radical (unpaired) electrons. The van der Waals surface area contributed by atoms with Gasteiger partial charge in [0.2, 0.25) is 5.88 Å². The Morgan fingerprint density at radius 2 is 1.93 bits per heavy atom. The summed E-state index contributed by atoms with van der Waals surface area (Å²) in [4.78, 5) is 27.0. The summed E-state index contributed by atoms with van der Waals surface area (Å²) in [5.74, 6) is 0.303. The molecule has 2 aromatic rings. The average molecular weight is 589 g/mol. The number of carbonyl (C=O) groups is 1. The highest BCUT2D eigenvalue weighted by Gasteiger charge is 2.55. The maximum absolute atomic E-state index is 16.2. The van der Waals surface area contributed by atoms with Crippen molar-refractivity contribution in [2.75, 3.05) is 18.1 Å². The van der Waals surface area contributed by atoms with Gasteiger partial charge < -0.3 is 23.8 Å². The minimum Gasteiger partial charge on any atom is -0.472 e. The predicted octanol–water partition coefficient (Wildman–Crippen LogP) is 6.00. The summed E-state index contributed by atoms with van der Waals surface area (Å²) in [6.07, 6.45) is 5.02. The number of aromatic nitrogens is 2. The topological polar surface area (TPSA) is 86.3 Å². The molecule has 5 aliphatic rings. The standard InChI is InChI=1S/C30H38ClFN4O5/c1-15-22(30(11-12-30)40-19-8-6-7-13-38-19)20-21-26(33-15)35-14-17-9-10-18(36(17)28(37)41-29(3,4)5)24(35)16(2)39-27(21)34-25(31)23(20)32/h16-19,24H,6-14H2,1-5H3/t16-,17+,18-,19?,24+/m0/s1. The lowest BCUT2D eigenvalue weighted by Gasteiger charge is -2.48. The van der Waals surface area contributed by atoms with Crippen LogP contribution in [0.3, 0.4) is 0 Å². The largest absolute Gasteiger partial charge is 0.472 e. The van der Waals surface area contributed by atoms with Crippen LogP contribution in [0.5, 0.6) is 5.88 Å². The molecule has 11 heteroatoms. The highest BCUT2D eigenvalue weighted by atomic mass is 35.5. The van der Waals surface area contributed by atoms with Gasteiger partial charge in [-0.15, -0.1) is 0 Å². The molecule has 0 spiro atoms. The molecule has 2 aromatic heterocycles. The maximum atomic E-state index is 16.2. The Balaban J connectivity index is 1.35. The van der Waals surface area contributed by atoms with Crippen molar-refractivity contribution >= 4 is 34.3 Å². The lowest BCUT2D eigenvalue weighted by molar-refractivity contribution is -0.199. The third-order valence-electron chi connectivity index (χ3n) is 9.19. The molecule has 1 unspecified atom stereocenters. The molecule has 222 valence electrons. The monoisotopic (exact) mass is 588 g/mol. The maximum Gasteiger partial charge on any atom is 0.410 e. The van der Waals surface area contributed by atoms with Crippen molar-refractivity contribution in [1.29, 1.82) is 0 Å². The van der Waals surface area contributed by atoms with Crippen LogP contribution in [0.1, 0.15) is 83.9 Å². The first-order valence-electron chi connectivity index (χ1n) is 14.9. The minimum absolute atomic E-state index is 0.0525. The Labute approximate surface area is 244 Å². The van der Waals surface area contributed by atoms with Crippen LogP contribution in [0.25, 0.3) is 10.8 Å². The van der Waals surface area contributed by atoms with Gasteiger partial charge in [-0.25, -0.2) is 14.2 Å². The van der Waals surface area contributed by atoms with Crippen LogP contribution in [0.2, 0.25) is 5.15 Å². The van der Waals surface area contributed by atoms with E-state index in [0.29, 0.717) is 41.0 Å². The number of aryl methyl sites for hydroxylation is 1. The third-order valence-corrected chi connectivity index (χ3v) is 9.44. The number of hydrogen-bond acceptors (Lipinski definition) is 8. The second-order valence-electron chi connectivity index (χ2n) is 13.2. The molecule has 3 saturated heterocycles. The van der Waals surface area contributed by atoms with E-state index in [9.17, 15) is 4.79 Å². The van der Waals surface area contributed by atoms with Crippen LogP contribution in [0.4, 0.5) is 15.0 Å². The smallest absolute Gasteiger partial charge is 0.410 e. The van der Waals surface area contributed by atoms with Crippen molar-refractivity contribution in [3.63, 3.8) is 0 Å². The second kappa shape index (κ2) is 9.54. The van der Waals surface area contributed by atoms with E-state index < -0.39 is 17.0 Å². The Hall–Kier alpha value is -2.43. The van der Waals surface area contributed by atoms with Crippen molar-refractivity contribution in [1.82, 2.24) is 14.9 Å². The molecule has 9 nitrogen and oxygen atoms in total. The lowest BCUT2D eigenvalue weighted by Crippen LogP contribution is -2.65. The van der Waals surface area contributed by atoms with Gasteiger partial charge in [0.1, 0.15) is 17.5 Å². The summed E-state index contributed by atoms with van der Waals surface area (Å²) in [7, 11) is 0. The van der Waals surface area contributed by atoms with E-state index in [1.165, 1.54) is 0 Å². The average Bonchev–Trinajstić information content (AvgIpc) is 3.62. The number of pyridine rings is 2. The number of anilines is 1. The number of fused-ring (bicyclic) bond motifs is 5. The zero-order valence-electron chi connectivity index (χ0n) is 24.3. The highest BCUT2D eigenvalue weighted by molar-refractivity contribution is 6.30. The molecule has 41 heavy (non-hydrogen) atoms. The normalized spacial score (nSPS) is 30.1. The van der Waals surface area contributed by atoms with Crippen molar-refractivity contribution < 1.29 is 28.1 Å². The molecule has 0 aromatic carbocycles. The fourth-order valence-corrected chi connectivity index (χ4v) is 7.65. The van der Waals surface area contributed by atoms with Crippen molar-refractivity contribution in [3.8, 4) is 5.88 Å². The molecule has 1 amide bonds. The first kappa shape index (κ1) is 27.4. The van der Waals surface area contributed by atoms with E-state index in [4.69, 9.17) is 35.5 Å². The second-order valence-corrected chi connectivity index (χ2v) is 13.6. The van der Waals surface area contributed by atoms with Gasteiger partial charge in [0.15, 0.2) is 17.3 Å².